The summed E-state index contributed by atoms with van der Waals surface area (Å²) in [6, 6.07) is 0.793. The molecular formula is C8H11ClN4O2. The van der Waals surface area contributed by atoms with E-state index in [4.69, 9.17) is 22.1 Å². The van der Waals surface area contributed by atoms with Crippen molar-refractivity contribution in [3.8, 4) is 5.88 Å². The van der Waals surface area contributed by atoms with Crippen molar-refractivity contribution in [2.45, 2.75) is 13.0 Å². The van der Waals surface area contributed by atoms with Crippen LogP contribution < -0.4 is 15.8 Å². The van der Waals surface area contributed by atoms with Gasteiger partial charge in [0, 0.05) is 6.07 Å². The Bertz CT molecular complexity index is 370. The van der Waals surface area contributed by atoms with Gasteiger partial charge in [0.2, 0.25) is 17.7 Å². The van der Waals surface area contributed by atoms with Gasteiger partial charge in [0.05, 0.1) is 13.2 Å². The number of hydrogen-bond donors (Lipinski definition) is 2. The van der Waals surface area contributed by atoms with Crippen molar-refractivity contribution in [1.29, 1.82) is 0 Å². The molecule has 7 heteroatoms. The van der Waals surface area contributed by atoms with E-state index < -0.39 is 6.04 Å². The quantitative estimate of drug-likeness (QED) is 0.735. The normalized spacial score (nSPS) is 12.0. The second-order valence-corrected chi connectivity index (χ2v) is 3.22. The van der Waals surface area contributed by atoms with Gasteiger partial charge in [-0.2, -0.15) is 4.98 Å². The molecule has 0 spiro atoms. The molecule has 1 aromatic rings. The molecule has 0 aromatic carbocycles. The van der Waals surface area contributed by atoms with Crippen LogP contribution in [0.5, 0.6) is 5.88 Å². The minimum Gasteiger partial charge on any atom is -0.481 e. The number of amides is 1. The molecule has 0 aliphatic heterocycles. The lowest BCUT2D eigenvalue weighted by Crippen LogP contribution is -2.33. The Morgan fingerprint density at radius 1 is 1.67 bits per heavy atom. The van der Waals surface area contributed by atoms with Crippen LogP contribution in [0.2, 0.25) is 5.15 Å². The second-order valence-electron chi connectivity index (χ2n) is 2.83. The standard InChI is InChI=1S/C8H11ClN4O2/c1-4(10)7(14)13-8-11-5(9)3-6(12-8)15-2/h3-4H,10H2,1-2H3,(H,11,12,13,14). The Kier molecular flexibility index (Phi) is 3.81. The molecule has 0 fully saturated rings. The van der Waals surface area contributed by atoms with Gasteiger partial charge in [-0.25, -0.2) is 4.98 Å². The first-order chi connectivity index (χ1) is 7.02. The number of anilines is 1. The lowest BCUT2D eigenvalue weighted by Gasteiger charge is -2.07. The number of halogens is 1. The lowest BCUT2D eigenvalue weighted by molar-refractivity contribution is -0.117. The summed E-state index contributed by atoms with van der Waals surface area (Å²) >= 11 is 5.68. The third-order valence-electron chi connectivity index (χ3n) is 1.53. The van der Waals surface area contributed by atoms with Crippen LogP contribution in [0.4, 0.5) is 5.95 Å². The van der Waals surface area contributed by atoms with E-state index in [1.54, 1.807) is 6.92 Å². The SMILES string of the molecule is COc1cc(Cl)nc(NC(=O)C(C)N)n1. The summed E-state index contributed by atoms with van der Waals surface area (Å²) in [5, 5.41) is 2.59. The molecule has 1 atom stereocenters. The highest BCUT2D eigenvalue weighted by atomic mass is 35.5. The summed E-state index contributed by atoms with van der Waals surface area (Å²) in [6.45, 7) is 1.55. The Hall–Kier alpha value is -1.40. The van der Waals surface area contributed by atoms with Crippen LogP contribution in [0.15, 0.2) is 6.07 Å². The van der Waals surface area contributed by atoms with E-state index in [0.717, 1.165) is 0 Å². The first-order valence-electron chi connectivity index (χ1n) is 4.18. The number of carbonyl (C=O) groups excluding carboxylic acids is 1. The maximum absolute atomic E-state index is 11.2. The van der Waals surface area contributed by atoms with Crippen molar-refractivity contribution in [3.05, 3.63) is 11.2 Å². The highest BCUT2D eigenvalue weighted by Gasteiger charge is 2.10. The van der Waals surface area contributed by atoms with Crippen molar-refractivity contribution in [2.75, 3.05) is 12.4 Å². The van der Waals surface area contributed by atoms with Gasteiger partial charge in [-0.3, -0.25) is 10.1 Å². The topological polar surface area (TPSA) is 90.1 Å². The number of methoxy groups -OCH3 is 1. The predicted molar refractivity (Wildman–Crippen MR) is 55.9 cm³/mol. The van der Waals surface area contributed by atoms with Crippen LogP contribution >= 0.6 is 11.6 Å². The molecule has 1 heterocycles. The Morgan fingerprint density at radius 3 is 2.87 bits per heavy atom. The summed E-state index contributed by atoms with van der Waals surface area (Å²) < 4.78 is 4.86. The fraction of sp³-hybridized carbons (Fsp3) is 0.375. The molecule has 1 unspecified atom stereocenters. The largest absolute Gasteiger partial charge is 0.481 e. The minimum absolute atomic E-state index is 0.0710. The monoisotopic (exact) mass is 230 g/mol. The zero-order valence-corrected chi connectivity index (χ0v) is 9.08. The fourth-order valence-electron chi connectivity index (χ4n) is 0.781. The third-order valence-corrected chi connectivity index (χ3v) is 1.72. The average molecular weight is 231 g/mol. The van der Waals surface area contributed by atoms with Gasteiger partial charge in [0.25, 0.3) is 0 Å². The van der Waals surface area contributed by atoms with Crippen LogP contribution in [0.3, 0.4) is 0 Å². The van der Waals surface area contributed by atoms with E-state index in [0.29, 0.717) is 0 Å². The maximum atomic E-state index is 11.2. The first-order valence-corrected chi connectivity index (χ1v) is 4.55. The van der Waals surface area contributed by atoms with Crippen LogP contribution in [0.25, 0.3) is 0 Å². The van der Waals surface area contributed by atoms with Crippen molar-refractivity contribution < 1.29 is 9.53 Å². The molecule has 1 amide bonds. The van der Waals surface area contributed by atoms with Crippen molar-refractivity contribution in [2.24, 2.45) is 5.73 Å². The minimum atomic E-state index is -0.640. The third kappa shape index (κ3) is 3.34. The number of nitrogens with zero attached hydrogens (tertiary/aromatic N) is 2. The van der Waals surface area contributed by atoms with E-state index in [1.807, 2.05) is 0 Å². The van der Waals surface area contributed by atoms with Crippen molar-refractivity contribution in [3.63, 3.8) is 0 Å². The molecule has 0 saturated heterocycles. The molecule has 1 rings (SSSR count). The Morgan fingerprint density at radius 2 is 2.33 bits per heavy atom. The van der Waals surface area contributed by atoms with E-state index in [2.05, 4.69) is 15.3 Å². The number of aromatic nitrogens is 2. The molecule has 3 N–H and O–H groups in total. The number of hydrogen-bond acceptors (Lipinski definition) is 5. The van der Waals surface area contributed by atoms with Gasteiger partial charge in [0.1, 0.15) is 5.15 Å². The van der Waals surface area contributed by atoms with Gasteiger partial charge in [0.15, 0.2) is 0 Å². The fourth-order valence-corrected chi connectivity index (χ4v) is 0.955. The number of rotatable bonds is 3. The van der Waals surface area contributed by atoms with E-state index in [-0.39, 0.29) is 22.9 Å². The van der Waals surface area contributed by atoms with Crippen LogP contribution in [0.1, 0.15) is 6.92 Å². The summed E-state index contributed by atoms with van der Waals surface area (Å²) in [6.07, 6.45) is 0. The Labute approximate surface area is 91.8 Å². The smallest absolute Gasteiger partial charge is 0.243 e. The number of ether oxygens (including phenoxy) is 1. The Balaban J connectivity index is 2.85. The zero-order chi connectivity index (χ0) is 11.4. The van der Waals surface area contributed by atoms with Crippen molar-refractivity contribution >= 4 is 23.5 Å². The number of nitrogens with two attached hydrogens (primary N) is 1. The molecule has 0 radical (unpaired) electrons. The second kappa shape index (κ2) is 4.90. The van der Waals surface area contributed by atoms with E-state index >= 15 is 0 Å². The van der Waals surface area contributed by atoms with Gasteiger partial charge >= 0.3 is 0 Å². The molecule has 1 aromatic heterocycles. The van der Waals surface area contributed by atoms with Crippen LogP contribution in [-0.4, -0.2) is 29.0 Å². The molecule has 0 saturated carbocycles. The predicted octanol–water partition coefficient (Wildman–Crippen LogP) is 0.424. The molecule has 6 nitrogen and oxygen atoms in total. The highest BCUT2D eigenvalue weighted by molar-refractivity contribution is 6.29. The summed E-state index contributed by atoms with van der Waals surface area (Å²) in [7, 11) is 1.44. The molecule has 0 aliphatic rings. The summed E-state index contributed by atoms with van der Waals surface area (Å²) in [5.41, 5.74) is 5.36. The number of nitrogens with one attached hydrogen (secondary N) is 1. The molecule has 15 heavy (non-hydrogen) atoms. The lowest BCUT2D eigenvalue weighted by atomic mass is 10.3. The van der Waals surface area contributed by atoms with Crippen LogP contribution in [-0.2, 0) is 4.79 Å². The number of carbonyl (C=O) groups is 1. The zero-order valence-electron chi connectivity index (χ0n) is 8.32. The first kappa shape index (κ1) is 11.7. The van der Waals surface area contributed by atoms with Gasteiger partial charge in [-0.05, 0) is 6.92 Å². The van der Waals surface area contributed by atoms with E-state index in [1.165, 1.54) is 13.2 Å². The average Bonchev–Trinajstić information content (AvgIpc) is 2.16. The molecule has 82 valence electrons. The molecule has 0 aliphatic carbocycles. The van der Waals surface area contributed by atoms with Crippen molar-refractivity contribution in [1.82, 2.24) is 9.97 Å². The summed E-state index contributed by atoms with van der Waals surface area (Å²) in [5.74, 6) is -0.0454. The molecular weight excluding hydrogens is 220 g/mol. The summed E-state index contributed by atoms with van der Waals surface area (Å²) in [4.78, 5) is 18.9. The molecule has 0 bridgehead atoms. The van der Waals surface area contributed by atoms with E-state index in [9.17, 15) is 4.79 Å². The van der Waals surface area contributed by atoms with Crippen LogP contribution in [0, 0.1) is 0 Å². The van der Waals surface area contributed by atoms with Gasteiger partial charge in [-0.15, -0.1) is 0 Å². The maximum Gasteiger partial charge on any atom is 0.243 e. The van der Waals surface area contributed by atoms with Gasteiger partial charge in [-0.1, -0.05) is 11.6 Å². The highest BCUT2D eigenvalue weighted by Crippen LogP contribution is 2.15. The van der Waals surface area contributed by atoms with Gasteiger partial charge < -0.3 is 10.5 Å².